The Morgan fingerprint density at radius 1 is 1.31 bits per heavy atom. The van der Waals surface area contributed by atoms with Crippen LogP contribution in [0.4, 0.5) is 0 Å². The molecule has 1 saturated carbocycles. The summed E-state index contributed by atoms with van der Waals surface area (Å²) in [6.07, 6.45) is 8.20. The molecule has 1 aliphatic rings. The van der Waals surface area contributed by atoms with Gasteiger partial charge in [0.15, 0.2) is 0 Å². The molecule has 1 aliphatic carbocycles. The van der Waals surface area contributed by atoms with Crippen LogP contribution in [-0.4, -0.2) is 12.6 Å². The lowest BCUT2D eigenvalue weighted by atomic mass is 10.1. The van der Waals surface area contributed by atoms with Gasteiger partial charge >= 0.3 is 0 Å². The first-order valence-corrected chi connectivity index (χ1v) is 7.32. The molecule has 1 aromatic heterocycles. The minimum Gasteiger partial charge on any atom is -0.329 e. The highest BCUT2D eigenvalue weighted by molar-refractivity contribution is 7.07. The Hall–Kier alpha value is -0.380. The van der Waals surface area contributed by atoms with Crippen LogP contribution in [0.15, 0.2) is 16.8 Å². The molecule has 1 fully saturated rings. The fourth-order valence-electron chi connectivity index (χ4n) is 2.50. The largest absolute Gasteiger partial charge is 0.329 e. The number of hydrogen-bond acceptors (Lipinski definition) is 3. The normalized spacial score (nSPS) is 20.6. The highest BCUT2D eigenvalue weighted by Gasteiger charge is 2.17. The van der Waals surface area contributed by atoms with Crippen molar-refractivity contribution in [2.24, 2.45) is 5.73 Å². The first kappa shape index (κ1) is 12.1. The third kappa shape index (κ3) is 3.30. The Morgan fingerprint density at radius 3 is 2.62 bits per heavy atom. The maximum atomic E-state index is 5.86. The number of nitrogens with two attached hydrogens (primary N) is 1. The van der Waals surface area contributed by atoms with Crippen LogP contribution < -0.4 is 11.1 Å². The fraction of sp³-hybridized carbons (Fsp3) is 0.692. The van der Waals surface area contributed by atoms with Crippen molar-refractivity contribution in [2.75, 3.05) is 6.54 Å². The van der Waals surface area contributed by atoms with E-state index >= 15 is 0 Å². The molecule has 2 nitrogen and oxygen atoms in total. The molecule has 3 N–H and O–H groups in total. The molecule has 0 spiro atoms. The maximum absolute atomic E-state index is 5.86. The van der Waals surface area contributed by atoms with Gasteiger partial charge in [-0.1, -0.05) is 25.7 Å². The summed E-state index contributed by atoms with van der Waals surface area (Å²) in [5.74, 6) is 0. The van der Waals surface area contributed by atoms with Gasteiger partial charge in [0.25, 0.3) is 0 Å². The molecule has 0 aromatic carbocycles. The zero-order valence-corrected chi connectivity index (χ0v) is 10.6. The van der Waals surface area contributed by atoms with Gasteiger partial charge in [-0.2, -0.15) is 11.3 Å². The first-order chi connectivity index (χ1) is 7.90. The van der Waals surface area contributed by atoms with Crippen molar-refractivity contribution in [3.63, 3.8) is 0 Å². The van der Waals surface area contributed by atoms with E-state index in [-0.39, 0.29) is 0 Å². The van der Waals surface area contributed by atoms with E-state index in [1.807, 2.05) is 0 Å². The third-order valence-corrected chi connectivity index (χ3v) is 4.17. The molecular weight excluding hydrogens is 216 g/mol. The summed E-state index contributed by atoms with van der Waals surface area (Å²) in [6.45, 7) is 0.702. The van der Waals surface area contributed by atoms with Crippen LogP contribution in [0.25, 0.3) is 0 Å². The van der Waals surface area contributed by atoms with Gasteiger partial charge in [-0.15, -0.1) is 0 Å². The van der Waals surface area contributed by atoms with Crippen molar-refractivity contribution in [2.45, 2.75) is 50.6 Å². The molecule has 0 amide bonds. The predicted molar refractivity (Wildman–Crippen MR) is 70.7 cm³/mol. The smallest absolute Gasteiger partial charge is 0.0454 e. The lowest BCUT2D eigenvalue weighted by Gasteiger charge is -2.23. The van der Waals surface area contributed by atoms with Crippen molar-refractivity contribution < 1.29 is 0 Å². The Balaban J connectivity index is 1.90. The van der Waals surface area contributed by atoms with Crippen LogP contribution in [-0.2, 0) is 0 Å². The second kappa shape index (κ2) is 6.38. The molecular formula is C13H22N2S. The third-order valence-electron chi connectivity index (χ3n) is 3.47. The van der Waals surface area contributed by atoms with Gasteiger partial charge in [-0.05, 0) is 35.2 Å². The molecule has 0 aliphatic heterocycles. The molecule has 0 saturated heterocycles. The summed E-state index contributed by atoms with van der Waals surface area (Å²) in [5, 5.41) is 8.07. The zero-order valence-electron chi connectivity index (χ0n) is 9.82. The fourth-order valence-corrected chi connectivity index (χ4v) is 3.22. The summed E-state index contributed by atoms with van der Waals surface area (Å²) < 4.78 is 0. The van der Waals surface area contributed by atoms with Crippen molar-refractivity contribution in [1.82, 2.24) is 5.32 Å². The van der Waals surface area contributed by atoms with Crippen molar-refractivity contribution >= 4 is 11.3 Å². The average Bonchev–Trinajstić information content (AvgIpc) is 2.71. The van der Waals surface area contributed by atoms with Crippen molar-refractivity contribution in [3.05, 3.63) is 22.4 Å². The molecule has 2 rings (SSSR count). The van der Waals surface area contributed by atoms with Gasteiger partial charge in [0.2, 0.25) is 0 Å². The van der Waals surface area contributed by atoms with E-state index in [9.17, 15) is 0 Å². The topological polar surface area (TPSA) is 38.0 Å². The predicted octanol–water partition coefficient (Wildman–Crippen LogP) is 3.06. The maximum Gasteiger partial charge on any atom is 0.0454 e. The molecule has 3 heteroatoms. The SMILES string of the molecule is NCC(NC1CCCCCC1)c1ccsc1. The van der Waals surface area contributed by atoms with Gasteiger partial charge < -0.3 is 11.1 Å². The summed E-state index contributed by atoms with van der Waals surface area (Å²) in [6, 6.07) is 3.22. The van der Waals surface area contributed by atoms with E-state index in [0.717, 1.165) is 0 Å². The van der Waals surface area contributed by atoms with Crippen molar-refractivity contribution in [1.29, 1.82) is 0 Å². The quantitative estimate of drug-likeness (QED) is 0.791. The Labute approximate surface area is 102 Å². The number of hydrogen-bond donors (Lipinski definition) is 2. The Bertz CT molecular complexity index is 276. The zero-order chi connectivity index (χ0) is 11.2. The molecule has 90 valence electrons. The van der Waals surface area contributed by atoms with E-state index in [2.05, 4.69) is 22.1 Å². The second-order valence-corrected chi connectivity index (χ2v) is 5.48. The first-order valence-electron chi connectivity index (χ1n) is 6.38. The molecule has 1 heterocycles. The summed E-state index contributed by atoms with van der Waals surface area (Å²) in [5.41, 5.74) is 7.22. The van der Waals surface area contributed by atoms with Gasteiger partial charge in [0, 0.05) is 18.6 Å². The minimum absolute atomic E-state index is 0.356. The van der Waals surface area contributed by atoms with Crippen LogP contribution in [0.5, 0.6) is 0 Å². The monoisotopic (exact) mass is 238 g/mol. The second-order valence-electron chi connectivity index (χ2n) is 4.70. The molecule has 1 aromatic rings. The van der Waals surface area contributed by atoms with Gasteiger partial charge in [-0.3, -0.25) is 0 Å². The van der Waals surface area contributed by atoms with Crippen LogP contribution in [0.1, 0.15) is 50.1 Å². The Morgan fingerprint density at radius 2 is 2.06 bits per heavy atom. The lowest BCUT2D eigenvalue weighted by molar-refractivity contribution is 0.403. The van der Waals surface area contributed by atoms with Gasteiger partial charge in [0.05, 0.1) is 0 Å². The standard InChI is InChI=1S/C13H22N2S/c14-9-13(11-7-8-16-10-11)15-12-5-3-1-2-4-6-12/h7-8,10,12-13,15H,1-6,9,14H2. The van der Waals surface area contributed by atoms with Crippen LogP contribution >= 0.6 is 11.3 Å². The highest BCUT2D eigenvalue weighted by atomic mass is 32.1. The van der Waals surface area contributed by atoms with Crippen LogP contribution in [0.3, 0.4) is 0 Å². The molecule has 1 unspecified atom stereocenters. The van der Waals surface area contributed by atoms with E-state index in [1.54, 1.807) is 11.3 Å². The number of nitrogens with one attached hydrogen (secondary N) is 1. The molecule has 0 radical (unpaired) electrons. The minimum atomic E-state index is 0.356. The number of rotatable bonds is 4. The lowest BCUT2D eigenvalue weighted by Crippen LogP contribution is -2.36. The average molecular weight is 238 g/mol. The summed E-state index contributed by atoms with van der Waals surface area (Å²) in [4.78, 5) is 0. The van der Waals surface area contributed by atoms with E-state index < -0.39 is 0 Å². The molecule has 16 heavy (non-hydrogen) atoms. The highest BCUT2D eigenvalue weighted by Crippen LogP contribution is 2.21. The molecule has 0 bridgehead atoms. The van der Waals surface area contributed by atoms with Crippen LogP contribution in [0, 0.1) is 0 Å². The Kier molecular flexibility index (Phi) is 4.82. The van der Waals surface area contributed by atoms with E-state index in [4.69, 9.17) is 5.73 Å². The number of thiophene rings is 1. The summed E-state index contributed by atoms with van der Waals surface area (Å²) in [7, 11) is 0. The molecule has 1 atom stereocenters. The van der Waals surface area contributed by atoms with Gasteiger partial charge in [-0.25, -0.2) is 0 Å². The summed E-state index contributed by atoms with van der Waals surface area (Å²) >= 11 is 1.75. The van der Waals surface area contributed by atoms with E-state index in [1.165, 1.54) is 44.1 Å². The van der Waals surface area contributed by atoms with Gasteiger partial charge in [0.1, 0.15) is 0 Å². The van der Waals surface area contributed by atoms with Crippen molar-refractivity contribution in [3.8, 4) is 0 Å². The van der Waals surface area contributed by atoms with E-state index in [0.29, 0.717) is 18.6 Å². The van der Waals surface area contributed by atoms with Crippen LogP contribution in [0.2, 0.25) is 0 Å².